The highest BCUT2D eigenvalue weighted by Crippen LogP contribution is 2.56. The van der Waals surface area contributed by atoms with Gasteiger partial charge in [-0.15, -0.1) is 0 Å². The SMILES string of the molecule is COP(=O)(Cl)N1CCC(N2CCCC2)CC1. The minimum atomic E-state index is -3.02. The van der Waals surface area contributed by atoms with Crippen LogP contribution in [0.15, 0.2) is 0 Å². The van der Waals surface area contributed by atoms with E-state index in [1.807, 2.05) is 0 Å². The fraction of sp³-hybridized carbons (Fsp3) is 1.00. The number of hydrogen-bond donors (Lipinski definition) is 0. The number of halogens is 1. The van der Waals surface area contributed by atoms with Crippen LogP contribution in [0.5, 0.6) is 0 Å². The van der Waals surface area contributed by atoms with Crippen LogP contribution in [0.25, 0.3) is 0 Å². The molecule has 1 atom stereocenters. The second kappa shape index (κ2) is 5.36. The Hall–Kier alpha value is 0.400. The van der Waals surface area contributed by atoms with Gasteiger partial charge in [-0.05, 0) is 50.0 Å². The number of nitrogens with zero attached hydrogens (tertiary/aromatic N) is 2. The van der Waals surface area contributed by atoms with E-state index in [2.05, 4.69) is 4.90 Å². The molecule has 0 aromatic rings. The van der Waals surface area contributed by atoms with Crippen molar-refractivity contribution in [2.24, 2.45) is 0 Å². The topological polar surface area (TPSA) is 32.8 Å². The maximum Gasteiger partial charge on any atom is 0.362 e. The molecule has 2 rings (SSSR count). The first-order valence-corrected chi connectivity index (χ1v) is 8.46. The first-order chi connectivity index (χ1) is 7.63. The van der Waals surface area contributed by atoms with Gasteiger partial charge < -0.3 is 9.42 Å². The molecule has 0 aromatic heterocycles. The highest BCUT2D eigenvalue weighted by atomic mass is 35.7. The van der Waals surface area contributed by atoms with Gasteiger partial charge >= 0.3 is 6.87 Å². The Kier molecular flexibility index (Phi) is 4.31. The summed E-state index contributed by atoms with van der Waals surface area (Å²) in [5, 5.41) is 0. The summed E-state index contributed by atoms with van der Waals surface area (Å²) < 4.78 is 18.5. The van der Waals surface area contributed by atoms with Crippen LogP contribution >= 0.6 is 18.1 Å². The highest BCUT2D eigenvalue weighted by molar-refractivity contribution is 7.83. The highest BCUT2D eigenvalue weighted by Gasteiger charge is 2.34. The molecular weight excluding hydrogens is 247 g/mol. The van der Waals surface area contributed by atoms with Crippen LogP contribution in [0.1, 0.15) is 25.7 Å². The largest absolute Gasteiger partial charge is 0.362 e. The van der Waals surface area contributed by atoms with E-state index in [4.69, 9.17) is 15.8 Å². The zero-order valence-corrected chi connectivity index (χ0v) is 11.4. The number of rotatable bonds is 3. The van der Waals surface area contributed by atoms with Crippen LogP contribution in [-0.4, -0.2) is 48.9 Å². The van der Waals surface area contributed by atoms with E-state index in [1.165, 1.54) is 33.0 Å². The average molecular weight is 267 g/mol. The summed E-state index contributed by atoms with van der Waals surface area (Å²) in [5.74, 6) is 0. The standard InChI is InChI=1S/C10H20ClN2O2P/c1-15-16(11,14)13-8-4-10(5-9-13)12-6-2-3-7-12/h10H,2-9H2,1H3. The molecule has 2 aliphatic heterocycles. The van der Waals surface area contributed by atoms with E-state index in [0.29, 0.717) is 6.04 Å². The molecule has 0 spiro atoms. The van der Waals surface area contributed by atoms with Gasteiger partial charge in [-0.3, -0.25) is 4.57 Å². The molecule has 16 heavy (non-hydrogen) atoms. The Morgan fingerprint density at radius 3 is 2.25 bits per heavy atom. The van der Waals surface area contributed by atoms with E-state index in [1.54, 1.807) is 4.67 Å². The zero-order chi connectivity index (χ0) is 11.6. The Balaban J connectivity index is 1.84. The van der Waals surface area contributed by atoms with Gasteiger partial charge in [0.2, 0.25) is 0 Å². The minimum absolute atomic E-state index is 0.660. The van der Waals surface area contributed by atoms with Crippen LogP contribution in [0, 0.1) is 0 Å². The summed E-state index contributed by atoms with van der Waals surface area (Å²) in [6, 6.07) is 0.660. The summed E-state index contributed by atoms with van der Waals surface area (Å²) in [7, 11) is 1.42. The smallest absolute Gasteiger partial charge is 0.309 e. The van der Waals surface area contributed by atoms with Crippen molar-refractivity contribution < 1.29 is 9.09 Å². The molecule has 1 unspecified atom stereocenters. The average Bonchev–Trinajstić information content (AvgIpc) is 2.83. The summed E-state index contributed by atoms with van der Waals surface area (Å²) in [6.45, 7) is 1.01. The van der Waals surface area contributed by atoms with Crippen molar-refractivity contribution in [3.63, 3.8) is 0 Å². The monoisotopic (exact) mass is 266 g/mol. The lowest BCUT2D eigenvalue weighted by Crippen LogP contribution is -2.42. The van der Waals surface area contributed by atoms with Gasteiger partial charge in [0.05, 0.1) is 0 Å². The maximum absolute atomic E-state index is 11.8. The van der Waals surface area contributed by atoms with Gasteiger partial charge in [0.15, 0.2) is 0 Å². The van der Waals surface area contributed by atoms with E-state index < -0.39 is 6.87 Å². The Morgan fingerprint density at radius 2 is 1.75 bits per heavy atom. The van der Waals surface area contributed by atoms with Crippen molar-refractivity contribution in [3.8, 4) is 0 Å². The quantitative estimate of drug-likeness (QED) is 0.735. The molecule has 6 heteroatoms. The molecule has 2 saturated heterocycles. The summed E-state index contributed by atoms with van der Waals surface area (Å²) in [4.78, 5) is 2.56. The van der Waals surface area contributed by atoms with Crippen molar-refractivity contribution in [3.05, 3.63) is 0 Å². The lowest BCUT2D eigenvalue weighted by Gasteiger charge is -2.37. The molecule has 4 nitrogen and oxygen atoms in total. The predicted octanol–water partition coefficient (Wildman–Crippen LogP) is 2.54. The van der Waals surface area contributed by atoms with Gasteiger partial charge in [-0.25, -0.2) is 4.67 Å². The van der Waals surface area contributed by atoms with Crippen LogP contribution in [0.4, 0.5) is 0 Å². The predicted molar refractivity (Wildman–Crippen MR) is 65.9 cm³/mol. The van der Waals surface area contributed by atoms with Crippen molar-refractivity contribution in [1.82, 2.24) is 9.57 Å². The first-order valence-electron chi connectivity index (χ1n) is 5.98. The second-order valence-electron chi connectivity index (χ2n) is 4.56. The van der Waals surface area contributed by atoms with Crippen molar-refractivity contribution >= 4 is 18.1 Å². The minimum Gasteiger partial charge on any atom is -0.309 e. The molecule has 0 radical (unpaired) electrons. The third-order valence-electron chi connectivity index (χ3n) is 3.66. The molecule has 0 aromatic carbocycles. The van der Waals surface area contributed by atoms with E-state index >= 15 is 0 Å². The molecule has 0 saturated carbocycles. The van der Waals surface area contributed by atoms with Crippen molar-refractivity contribution in [2.75, 3.05) is 33.3 Å². The molecule has 0 N–H and O–H groups in total. The third-order valence-corrected chi connectivity index (χ3v) is 6.24. The lowest BCUT2D eigenvalue weighted by molar-refractivity contribution is 0.160. The normalized spacial score (nSPS) is 29.4. The molecule has 2 heterocycles. The summed E-state index contributed by atoms with van der Waals surface area (Å²) in [6.07, 6.45) is 4.76. The first kappa shape index (κ1) is 12.8. The Bertz CT molecular complexity index is 276. The molecule has 0 amide bonds. The number of likely N-dealkylation sites (tertiary alicyclic amines) is 1. The molecule has 0 bridgehead atoms. The molecule has 2 fully saturated rings. The Morgan fingerprint density at radius 1 is 1.19 bits per heavy atom. The van der Waals surface area contributed by atoms with Gasteiger partial charge in [0.1, 0.15) is 0 Å². The fourth-order valence-electron chi connectivity index (χ4n) is 2.68. The van der Waals surface area contributed by atoms with Crippen LogP contribution in [0.3, 0.4) is 0 Å². The van der Waals surface area contributed by atoms with Crippen molar-refractivity contribution in [1.29, 1.82) is 0 Å². The lowest BCUT2D eigenvalue weighted by atomic mass is 10.1. The van der Waals surface area contributed by atoms with Gasteiger partial charge in [-0.1, -0.05) is 0 Å². The molecule has 0 aliphatic carbocycles. The second-order valence-corrected chi connectivity index (χ2v) is 7.68. The Labute approximate surface area is 102 Å². The van der Waals surface area contributed by atoms with Crippen molar-refractivity contribution in [2.45, 2.75) is 31.7 Å². The van der Waals surface area contributed by atoms with Crippen LogP contribution in [0.2, 0.25) is 0 Å². The number of hydrogen-bond acceptors (Lipinski definition) is 3. The van der Waals surface area contributed by atoms with Crippen LogP contribution in [-0.2, 0) is 9.09 Å². The molecule has 2 aliphatic rings. The summed E-state index contributed by atoms with van der Waals surface area (Å²) >= 11 is 5.85. The fourth-order valence-corrected chi connectivity index (χ4v) is 4.07. The third kappa shape index (κ3) is 2.80. The van der Waals surface area contributed by atoms with Crippen LogP contribution < -0.4 is 0 Å². The van der Waals surface area contributed by atoms with Gasteiger partial charge in [0, 0.05) is 26.2 Å². The molecular formula is C10H20ClN2O2P. The molecule has 94 valence electrons. The number of piperidine rings is 1. The van der Waals surface area contributed by atoms with E-state index in [9.17, 15) is 4.57 Å². The maximum atomic E-state index is 11.8. The van der Waals surface area contributed by atoms with Gasteiger partial charge in [-0.2, -0.15) is 0 Å². The van der Waals surface area contributed by atoms with Gasteiger partial charge in [0.25, 0.3) is 0 Å². The van der Waals surface area contributed by atoms with E-state index in [-0.39, 0.29) is 0 Å². The summed E-state index contributed by atoms with van der Waals surface area (Å²) in [5.41, 5.74) is 0. The zero-order valence-electron chi connectivity index (χ0n) is 9.77. The van der Waals surface area contributed by atoms with E-state index in [0.717, 1.165) is 25.9 Å².